The molecular formula is C10H7F6NO2. The van der Waals surface area contributed by atoms with Crippen LogP contribution in [0.15, 0.2) is 12.3 Å². The molecule has 0 bridgehead atoms. The number of halogens is 6. The van der Waals surface area contributed by atoms with Crippen LogP contribution in [-0.2, 0) is 28.3 Å². The Morgan fingerprint density at radius 2 is 1.79 bits per heavy atom. The number of pyridine rings is 1. The molecule has 0 amide bonds. The summed E-state index contributed by atoms with van der Waals surface area (Å²) in [4.78, 5) is 13.8. The largest absolute Gasteiger partial charge is 0.469 e. The minimum absolute atomic E-state index is 0.382. The molecule has 0 aliphatic heterocycles. The van der Waals surface area contributed by atoms with Gasteiger partial charge in [-0.3, -0.25) is 9.78 Å². The molecule has 19 heavy (non-hydrogen) atoms. The number of hydrogen-bond acceptors (Lipinski definition) is 3. The third kappa shape index (κ3) is 3.58. The molecule has 3 nitrogen and oxygen atoms in total. The molecule has 0 N–H and O–H groups in total. The number of hydrogen-bond donors (Lipinski definition) is 0. The van der Waals surface area contributed by atoms with Crippen molar-refractivity contribution in [3.05, 3.63) is 29.1 Å². The van der Waals surface area contributed by atoms with Crippen molar-refractivity contribution in [2.45, 2.75) is 18.8 Å². The maximum Gasteiger partial charge on any atom is 0.433 e. The first-order chi connectivity index (χ1) is 8.57. The SMILES string of the molecule is COC(=O)Cc1c(C(F)(F)F)ccnc1C(F)(F)F. The van der Waals surface area contributed by atoms with Gasteiger partial charge < -0.3 is 4.74 Å². The van der Waals surface area contributed by atoms with E-state index in [4.69, 9.17) is 0 Å². The second-order valence-corrected chi connectivity index (χ2v) is 3.43. The molecule has 0 radical (unpaired) electrons. The fourth-order valence-corrected chi connectivity index (χ4v) is 1.40. The van der Waals surface area contributed by atoms with E-state index in [9.17, 15) is 31.1 Å². The van der Waals surface area contributed by atoms with E-state index >= 15 is 0 Å². The second-order valence-electron chi connectivity index (χ2n) is 3.43. The molecule has 0 unspecified atom stereocenters. The monoisotopic (exact) mass is 287 g/mol. The van der Waals surface area contributed by atoms with Gasteiger partial charge in [0.05, 0.1) is 19.1 Å². The van der Waals surface area contributed by atoms with Gasteiger partial charge in [0.2, 0.25) is 0 Å². The van der Waals surface area contributed by atoms with Crippen molar-refractivity contribution in [1.82, 2.24) is 4.98 Å². The predicted molar refractivity (Wildman–Crippen MR) is 50.0 cm³/mol. The van der Waals surface area contributed by atoms with Crippen LogP contribution in [0.5, 0.6) is 0 Å². The summed E-state index contributed by atoms with van der Waals surface area (Å²) in [6, 6.07) is 0.382. The predicted octanol–water partition coefficient (Wildman–Crippen LogP) is 2.83. The Hall–Kier alpha value is -1.80. The molecule has 106 valence electrons. The number of nitrogens with zero attached hydrogens (tertiary/aromatic N) is 1. The van der Waals surface area contributed by atoms with Crippen LogP contribution in [0.2, 0.25) is 0 Å². The molecule has 0 aromatic carbocycles. The molecule has 1 aromatic rings. The Kier molecular flexibility index (Phi) is 4.06. The van der Waals surface area contributed by atoms with E-state index < -0.39 is 41.6 Å². The summed E-state index contributed by atoms with van der Waals surface area (Å²) in [6.07, 6.45) is -10.9. The van der Waals surface area contributed by atoms with E-state index in [-0.39, 0.29) is 0 Å². The van der Waals surface area contributed by atoms with Crippen LogP contribution in [0.4, 0.5) is 26.3 Å². The van der Waals surface area contributed by atoms with Gasteiger partial charge in [-0.2, -0.15) is 26.3 Å². The lowest BCUT2D eigenvalue weighted by molar-refractivity contribution is -0.148. The zero-order chi connectivity index (χ0) is 14.8. The highest BCUT2D eigenvalue weighted by molar-refractivity contribution is 5.73. The average molecular weight is 287 g/mol. The number of aromatic nitrogens is 1. The number of carbonyl (C=O) groups excluding carboxylic acids is 1. The van der Waals surface area contributed by atoms with E-state index in [2.05, 4.69) is 9.72 Å². The summed E-state index contributed by atoms with van der Waals surface area (Å²) in [6.45, 7) is 0. The lowest BCUT2D eigenvalue weighted by Gasteiger charge is -2.16. The van der Waals surface area contributed by atoms with Gasteiger partial charge in [-0.25, -0.2) is 0 Å². The first kappa shape index (κ1) is 15.3. The standard InChI is InChI=1S/C10H7F6NO2/c1-19-7(18)4-5-6(9(11,12)13)2-3-17-8(5)10(14,15)16/h2-3H,4H2,1H3. The molecule has 1 heterocycles. The van der Waals surface area contributed by atoms with Gasteiger partial charge >= 0.3 is 18.3 Å². The quantitative estimate of drug-likeness (QED) is 0.620. The van der Waals surface area contributed by atoms with Gasteiger partial charge in [0.25, 0.3) is 0 Å². The first-order valence-corrected chi connectivity index (χ1v) is 4.76. The van der Waals surface area contributed by atoms with E-state index in [1.54, 1.807) is 0 Å². The lowest BCUT2D eigenvalue weighted by Crippen LogP contribution is -2.21. The van der Waals surface area contributed by atoms with Crippen molar-refractivity contribution >= 4 is 5.97 Å². The lowest BCUT2D eigenvalue weighted by atomic mass is 10.0. The Balaban J connectivity index is 3.45. The van der Waals surface area contributed by atoms with Crippen LogP contribution in [-0.4, -0.2) is 18.1 Å². The molecular weight excluding hydrogens is 280 g/mol. The Labute approximate surface area is 103 Å². The van der Waals surface area contributed by atoms with Crippen molar-refractivity contribution < 1.29 is 35.9 Å². The molecule has 0 atom stereocenters. The molecule has 9 heteroatoms. The zero-order valence-corrected chi connectivity index (χ0v) is 9.39. The van der Waals surface area contributed by atoms with Crippen molar-refractivity contribution in [3.8, 4) is 0 Å². The summed E-state index contributed by atoms with van der Waals surface area (Å²) in [5.41, 5.74) is -4.54. The van der Waals surface area contributed by atoms with Gasteiger partial charge in [0.1, 0.15) is 5.69 Å². The number of esters is 1. The third-order valence-electron chi connectivity index (χ3n) is 2.18. The smallest absolute Gasteiger partial charge is 0.433 e. The Morgan fingerprint density at radius 3 is 2.21 bits per heavy atom. The van der Waals surface area contributed by atoms with Crippen LogP contribution < -0.4 is 0 Å². The first-order valence-electron chi connectivity index (χ1n) is 4.76. The van der Waals surface area contributed by atoms with Gasteiger partial charge in [-0.05, 0) is 6.07 Å². The molecule has 0 fully saturated rings. The van der Waals surface area contributed by atoms with E-state index in [1.165, 1.54) is 0 Å². The minimum atomic E-state index is -5.09. The highest BCUT2D eigenvalue weighted by atomic mass is 19.4. The van der Waals surface area contributed by atoms with Gasteiger partial charge in [0, 0.05) is 11.8 Å². The minimum Gasteiger partial charge on any atom is -0.469 e. The van der Waals surface area contributed by atoms with Crippen LogP contribution in [0.1, 0.15) is 16.8 Å². The maximum atomic E-state index is 12.6. The summed E-state index contributed by atoms with van der Waals surface area (Å²) in [5, 5.41) is 0. The van der Waals surface area contributed by atoms with Crippen LogP contribution in [0.3, 0.4) is 0 Å². The van der Waals surface area contributed by atoms with Gasteiger partial charge in [-0.15, -0.1) is 0 Å². The number of rotatable bonds is 2. The number of carbonyl (C=O) groups is 1. The summed E-state index contributed by atoms with van der Waals surface area (Å²) in [7, 11) is 0.860. The molecule has 1 rings (SSSR count). The normalized spacial score (nSPS) is 12.4. The summed E-state index contributed by atoms with van der Waals surface area (Å²) < 4.78 is 79.7. The average Bonchev–Trinajstić information content (AvgIpc) is 2.26. The number of methoxy groups -OCH3 is 1. The third-order valence-corrected chi connectivity index (χ3v) is 2.18. The van der Waals surface area contributed by atoms with E-state index in [1.807, 2.05) is 0 Å². The number of alkyl halides is 6. The van der Waals surface area contributed by atoms with Gasteiger partial charge in [-0.1, -0.05) is 0 Å². The van der Waals surface area contributed by atoms with E-state index in [0.717, 1.165) is 7.11 Å². The van der Waals surface area contributed by atoms with Crippen molar-refractivity contribution in [2.24, 2.45) is 0 Å². The molecule has 0 aliphatic carbocycles. The number of ether oxygens (including phenoxy) is 1. The summed E-state index contributed by atoms with van der Waals surface area (Å²) in [5.74, 6) is -1.22. The second kappa shape index (κ2) is 5.06. The Bertz CT molecular complexity index is 448. The fourth-order valence-electron chi connectivity index (χ4n) is 1.40. The van der Waals surface area contributed by atoms with E-state index in [0.29, 0.717) is 12.3 Å². The highest BCUT2D eigenvalue weighted by Gasteiger charge is 2.42. The topological polar surface area (TPSA) is 39.2 Å². The molecule has 0 spiro atoms. The molecule has 1 aromatic heterocycles. The highest BCUT2D eigenvalue weighted by Crippen LogP contribution is 2.38. The van der Waals surface area contributed by atoms with Crippen molar-refractivity contribution in [1.29, 1.82) is 0 Å². The Morgan fingerprint density at radius 1 is 1.21 bits per heavy atom. The zero-order valence-electron chi connectivity index (χ0n) is 9.39. The van der Waals surface area contributed by atoms with Crippen LogP contribution in [0, 0.1) is 0 Å². The van der Waals surface area contributed by atoms with Crippen LogP contribution >= 0.6 is 0 Å². The van der Waals surface area contributed by atoms with Crippen molar-refractivity contribution in [2.75, 3.05) is 7.11 Å². The summed E-state index contributed by atoms with van der Waals surface area (Å²) >= 11 is 0. The van der Waals surface area contributed by atoms with Crippen molar-refractivity contribution in [3.63, 3.8) is 0 Å². The maximum absolute atomic E-state index is 12.6. The molecule has 0 saturated heterocycles. The molecule has 0 aliphatic rings. The molecule has 0 saturated carbocycles. The van der Waals surface area contributed by atoms with Crippen LogP contribution in [0.25, 0.3) is 0 Å². The fraction of sp³-hybridized carbons (Fsp3) is 0.400. The van der Waals surface area contributed by atoms with Gasteiger partial charge in [0.15, 0.2) is 0 Å².